The molecular formula is C28H33IO4. The van der Waals surface area contributed by atoms with E-state index in [9.17, 15) is 14.4 Å². The van der Waals surface area contributed by atoms with E-state index in [1.165, 1.54) is 5.57 Å². The molecule has 4 nitrogen and oxygen atoms in total. The molecule has 0 aromatic heterocycles. The van der Waals surface area contributed by atoms with Gasteiger partial charge in [-0.15, -0.1) is 0 Å². The zero-order valence-electron chi connectivity index (χ0n) is 19.8. The fourth-order valence-corrected chi connectivity index (χ4v) is 8.75. The van der Waals surface area contributed by atoms with Gasteiger partial charge in [0.25, 0.3) is 0 Å². The Bertz CT molecular complexity index is 1060. The van der Waals surface area contributed by atoms with E-state index < -0.39 is 5.60 Å². The number of rotatable bonds is 3. The number of benzene rings is 1. The second-order valence-corrected chi connectivity index (χ2v) is 12.5. The number of esters is 1. The zero-order valence-corrected chi connectivity index (χ0v) is 21.9. The summed E-state index contributed by atoms with van der Waals surface area (Å²) in [7, 11) is 0. The first-order valence-corrected chi connectivity index (χ1v) is 13.4. The van der Waals surface area contributed by atoms with Crippen molar-refractivity contribution in [2.24, 2.45) is 28.6 Å². The number of hydrogen-bond acceptors (Lipinski definition) is 4. The first kappa shape index (κ1) is 23.3. The summed E-state index contributed by atoms with van der Waals surface area (Å²) in [5.74, 6) is 1.28. The van der Waals surface area contributed by atoms with Crippen molar-refractivity contribution in [2.45, 2.75) is 77.7 Å². The Morgan fingerprint density at radius 3 is 2.52 bits per heavy atom. The number of carbonyl (C=O) groups excluding carboxylic acids is 3. The number of hydrogen-bond donors (Lipinski definition) is 0. The Balaban J connectivity index is 1.47. The lowest BCUT2D eigenvalue weighted by Crippen LogP contribution is -2.58. The molecule has 5 rings (SSSR count). The second kappa shape index (κ2) is 8.03. The van der Waals surface area contributed by atoms with Crippen LogP contribution in [0.3, 0.4) is 0 Å². The number of ketones is 2. The van der Waals surface area contributed by atoms with E-state index in [0.29, 0.717) is 36.2 Å². The fourth-order valence-electron chi connectivity index (χ4n) is 8.21. The Morgan fingerprint density at radius 1 is 1.03 bits per heavy atom. The zero-order chi connectivity index (χ0) is 23.6. The van der Waals surface area contributed by atoms with Gasteiger partial charge in [-0.05, 0) is 122 Å². The van der Waals surface area contributed by atoms with Crippen LogP contribution < -0.4 is 0 Å². The number of fused-ring (bicyclic) bond motifs is 5. The topological polar surface area (TPSA) is 60.4 Å². The Morgan fingerprint density at radius 2 is 1.79 bits per heavy atom. The van der Waals surface area contributed by atoms with Crippen molar-refractivity contribution in [1.29, 1.82) is 0 Å². The molecule has 0 spiro atoms. The third-order valence-electron chi connectivity index (χ3n) is 9.98. The van der Waals surface area contributed by atoms with Gasteiger partial charge in [0.2, 0.25) is 0 Å². The van der Waals surface area contributed by atoms with Crippen molar-refractivity contribution in [3.8, 4) is 0 Å². The molecule has 0 bridgehead atoms. The molecule has 3 fully saturated rings. The monoisotopic (exact) mass is 560 g/mol. The van der Waals surface area contributed by atoms with Gasteiger partial charge in [-0.2, -0.15) is 0 Å². The lowest BCUT2D eigenvalue weighted by molar-refractivity contribution is -0.161. The molecule has 0 saturated heterocycles. The molecule has 4 aliphatic carbocycles. The highest BCUT2D eigenvalue weighted by Crippen LogP contribution is 2.68. The standard InChI is InChI=1S/C28H33IO4/c1-17(30)28(33-25(32)18-5-4-6-20(29)15-18)14-11-24-22-8-7-19-16-21(31)9-12-26(19,2)23(22)10-13-27(24,28)3/h4-6,15-16,22-24H,7-14H2,1-3H3/t22-,23+,24+,26+,27+,28+/m1/s1. The molecule has 6 atom stereocenters. The second-order valence-electron chi connectivity index (χ2n) is 11.2. The third-order valence-corrected chi connectivity index (χ3v) is 10.6. The molecule has 0 amide bonds. The van der Waals surface area contributed by atoms with E-state index in [1.807, 2.05) is 24.3 Å². The highest BCUT2D eigenvalue weighted by atomic mass is 127. The first-order valence-electron chi connectivity index (χ1n) is 12.3. The summed E-state index contributed by atoms with van der Waals surface area (Å²) >= 11 is 2.19. The average molecular weight is 560 g/mol. The summed E-state index contributed by atoms with van der Waals surface area (Å²) in [6, 6.07) is 7.39. The molecule has 33 heavy (non-hydrogen) atoms. The highest BCUT2D eigenvalue weighted by molar-refractivity contribution is 14.1. The summed E-state index contributed by atoms with van der Waals surface area (Å²) in [4.78, 5) is 38.5. The Labute approximate surface area is 210 Å². The predicted octanol–water partition coefficient (Wildman–Crippen LogP) is 6.31. The van der Waals surface area contributed by atoms with Crippen LogP contribution in [0.25, 0.3) is 0 Å². The fraction of sp³-hybridized carbons (Fsp3) is 0.607. The van der Waals surface area contributed by atoms with Crippen molar-refractivity contribution in [2.75, 3.05) is 0 Å². The lowest BCUT2D eigenvalue weighted by Gasteiger charge is -2.59. The van der Waals surface area contributed by atoms with E-state index in [2.05, 4.69) is 36.4 Å². The van der Waals surface area contributed by atoms with E-state index in [1.54, 1.807) is 13.0 Å². The lowest BCUT2D eigenvalue weighted by atomic mass is 9.46. The highest BCUT2D eigenvalue weighted by Gasteiger charge is 2.67. The van der Waals surface area contributed by atoms with Crippen LogP contribution in [0.15, 0.2) is 35.9 Å². The van der Waals surface area contributed by atoms with Gasteiger partial charge >= 0.3 is 5.97 Å². The van der Waals surface area contributed by atoms with Gasteiger partial charge in [-0.25, -0.2) is 4.79 Å². The number of allylic oxidation sites excluding steroid dienone is 1. The van der Waals surface area contributed by atoms with Crippen molar-refractivity contribution in [3.05, 3.63) is 45.0 Å². The van der Waals surface area contributed by atoms with E-state index >= 15 is 0 Å². The van der Waals surface area contributed by atoms with E-state index in [0.717, 1.165) is 42.1 Å². The smallest absolute Gasteiger partial charge is 0.339 e. The maximum Gasteiger partial charge on any atom is 0.339 e. The number of ether oxygens (including phenoxy) is 1. The van der Waals surface area contributed by atoms with Crippen molar-refractivity contribution in [3.63, 3.8) is 0 Å². The van der Waals surface area contributed by atoms with Gasteiger partial charge in [0.15, 0.2) is 17.2 Å². The van der Waals surface area contributed by atoms with Gasteiger partial charge < -0.3 is 4.74 Å². The molecule has 0 unspecified atom stereocenters. The third kappa shape index (κ3) is 3.39. The van der Waals surface area contributed by atoms with Crippen molar-refractivity contribution >= 4 is 40.1 Å². The van der Waals surface area contributed by atoms with Crippen LogP contribution in [-0.4, -0.2) is 23.1 Å². The number of halogens is 1. The average Bonchev–Trinajstić information content (AvgIpc) is 3.07. The van der Waals surface area contributed by atoms with Gasteiger partial charge in [0.05, 0.1) is 5.56 Å². The minimum absolute atomic E-state index is 0.0178. The van der Waals surface area contributed by atoms with Gasteiger partial charge in [0, 0.05) is 15.4 Å². The van der Waals surface area contributed by atoms with Crippen LogP contribution in [0.4, 0.5) is 0 Å². The van der Waals surface area contributed by atoms with Crippen molar-refractivity contribution in [1.82, 2.24) is 0 Å². The van der Waals surface area contributed by atoms with Gasteiger partial charge in [0.1, 0.15) is 0 Å². The molecule has 0 heterocycles. The first-order chi connectivity index (χ1) is 15.6. The minimum atomic E-state index is -1.06. The van der Waals surface area contributed by atoms with Crippen LogP contribution in [0, 0.1) is 32.2 Å². The van der Waals surface area contributed by atoms with Gasteiger partial charge in [-0.3, -0.25) is 9.59 Å². The maximum absolute atomic E-state index is 13.2. The summed E-state index contributed by atoms with van der Waals surface area (Å²) in [6.45, 7) is 6.19. The van der Waals surface area contributed by atoms with Crippen LogP contribution in [0.5, 0.6) is 0 Å². The number of carbonyl (C=O) groups is 3. The van der Waals surface area contributed by atoms with E-state index in [-0.39, 0.29) is 28.4 Å². The molecule has 3 saturated carbocycles. The Hall–Kier alpha value is -1.50. The molecule has 1 aromatic carbocycles. The largest absolute Gasteiger partial charge is 0.447 e. The normalized spacial score (nSPS) is 39.7. The van der Waals surface area contributed by atoms with Crippen LogP contribution in [0.2, 0.25) is 0 Å². The van der Waals surface area contributed by atoms with Crippen molar-refractivity contribution < 1.29 is 19.1 Å². The van der Waals surface area contributed by atoms with Crippen LogP contribution in [-0.2, 0) is 14.3 Å². The van der Waals surface area contributed by atoms with Crippen LogP contribution >= 0.6 is 22.6 Å². The summed E-state index contributed by atoms with van der Waals surface area (Å²) < 4.78 is 7.22. The summed E-state index contributed by atoms with van der Waals surface area (Å²) in [5, 5.41) is 0. The number of Topliss-reactive ketones (excluding diaryl/α,β-unsaturated/α-hetero) is 1. The minimum Gasteiger partial charge on any atom is -0.447 e. The molecule has 0 N–H and O–H groups in total. The SMILES string of the molecule is CC(=O)[C@@]1(OC(=O)c2cccc(I)c2)CC[C@H]2[C@@H]3CCC4=CC(=O)CC[C@]4(C)[C@H]3CC[C@@]21C. The summed E-state index contributed by atoms with van der Waals surface area (Å²) in [5.41, 5.74) is 0.552. The van der Waals surface area contributed by atoms with Gasteiger partial charge in [-0.1, -0.05) is 25.5 Å². The molecule has 5 heteroatoms. The molecule has 0 radical (unpaired) electrons. The molecular weight excluding hydrogens is 527 g/mol. The summed E-state index contributed by atoms with van der Waals surface area (Å²) in [6.07, 6.45) is 9.02. The Kier molecular flexibility index (Phi) is 5.66. The quantitative estimate of drug-likeness (QED) is 0.321. The predicted molar refractivity (Wildman–Crippen MR) is 135 cm³/mol. The van der Waals surface area contributed by atoms with Crippen LogP contribution in [0.1, 0.15) is 82.5 Å². The molecule has 4 aliphatic rings. The molecule has 0 aliphatic heterocycles. The molecule has 1 aromatic rings. The molecule has 176 valence electrons. The maximum atomic E-state index is 13.2. The van der Waals surface area contributed by atoms with E-state index in [4.69, 9.17) is 4.74 Å².